The van der Waals surface area contributed by atoms with E-state index in [4.69, 9.17) is 14.0 Å². The molecule has 2 heterocycles. The lowest BCUT2D eigenvalue weighted by Gasteiger charge is -2.36. The minimum Gasteiger partial charge on any atom is -0.490 e. The summed E-state index contributed by atoms with van der Waals surface area (Å²) in [4.78, 5) is 45.6. The molecule has 1 aliphatic heterocycles. The summed E-state index contributed by atoms with van der Waals surface area (Å²) in [5, 5.41) is 19.6. The summed E-state index contributed by atoms with van der Waals surface area (Å²) in [7, 11) is 5.77. The van der Waals surface area contributed by atoms with Gasteiger partial charge in [0.25, 0.3) is 5.91 Å². The molecule has 0 radical (unpaired) electrons. The fourth-order valence-corrected chi connectivity index (χ4v) is 5.51. The van der Waals surface area contributed by atoms with Crippen molar-refractivity contribution in [1.82, 2.24) is 19.9 Å². The molecule has 262 valence electrons. The first-order valence-corrected chi connectivity index (χ1v) is 16.5. The van der Waals surface area contributed by atoms with Crippen LogP contribution in [-0.2, 0) is 9.53 Å². The lowest BCUT2D eigenvalue weighted by molar-refractivity contribution is -0.132. The Morgan fingerprint density at radius 3 is 2.55 bits per heavy atom. The molecule has 13 heteroatoms. The lowest BCUT2D eigenvalue weighted by atomic mass is 10.0. The van der Waals surface area contributed by atoms with Crippen molar-refractivity contribution >= 4 is 29.2 Å². The van der Waals surface area contributed by atoms with E-state index in [-0.39, 0.29) is 48.7 Å². The maximum atomic E-state index is 14.3. The minimum absolute atomic E-state index is 0.0528. The molecule has 2 aromatic rings. The summed E-state index contributed by atoms with van der Waals surface area (Å²) >= 11 is 0. The van der Waals surface area contributed by atoms with Crippen LogP contribution < -0.4 is 15.4 Å². The van der Waals surface area contributed by atoms with Gasteiger partial charge in [-0.25, -0.2) is 4.79 Å². The summed E-state index contributed by atoms with van der Waals surface area (Å²) in [6, 6.07) is 3.94. The number of aliphatic hydroxyl groups is 1. The predicted octanol–water partition coefficient (Wildman–Crippen LogP) is 4.53. The number of carbonyl (C=O) groups is 3. The van der Waals surface area contributed by atoms with Crippen LogP contribution in [-0.4, -0.2) is 115 Å². The first-order valence-electron chi connectivity index (χ1n) is 16.5. The maximum Gasteiger partial charge on any atom is 0.323 e. The standard InChI is InChI=1S/C34H54N6O7/c1-22-19-40(23(2)21-41)33(43)28-18-27(35-34(44)36-32-25(4)37-47-26(32)5)14-15-29(28)46-24(3)12-9-10-17-45-30(22)20-39(8)31(42)13-11-16-38(6)7/h14-15,18,22-24,30,41H,9-13,16-17,19-21H2,1-8H3,(H2,35,36,44)/t22-,23+,24-,30+/m1/s1. The molecular weight excluding hydrogens is 604 g/mol. The van der Waals surface area contributed by atoms with Gasteiger partial charge < -0.3 is 44.4 Å². The zero-order valence-electron chi connectivity index (χ0n) is 29.3. The van der Waals surface area contributed by atoms with Crippen LogP contribution in [0.15, 0.2) is 22.7 Å². The average molecular weight is 659 g/mol. The molecule has 1 aliphatic rings. The first kappa shape index (κ1) is 37.8. The molecule has 1 aromatic heterocycles. The fourth-order valence-electron chi connectivity index (χ4n) is 5.51. The van der Waals surface area contributed by atoms with E-state index >= 15 is 0 Å². The van der Waals surface area contributed by atoms with E-state index in [1.165, 1.54) is 0 Å². The second-order valence-electron chi connectivity index (χ2n) is 13.0. The Bertz CT molecular complexity index is 1310. The van der Waals surface area contributed by atoms with Crippen molar-refractivity contribution in [2.45, 2.75) is 85.0 Å². The van der Waals surface area contributed by atoms with Crippen molar-refractivity contribution in [3.8, 4) is 5.75 Å². The van der Waals surface area contributed by atoms with E-state index in [1.54, 1.807) is 55.8 Å². The third-order valence-corrected chi connectivity index (χ3v) is 8.46. The molecule has 1 aromatic carbocycles. The van der Waals surface area contributed by atoms with Gasteiger partial charge in [-0.15, -0.1) is 0 Å². The van der Waals surface area contributed by atoms with E-state index < -0.39 is 12.1 Å². The Kier molecular flexibility index (Phi) is 14.5. The topological polar surface area (TPSA) is 150 Å². The number of anilines is 2. The molecule has 0 fully saturated rings. The van der Waals surface area contributed by atoms with E-state index in [1.807, 2.05) is 27.9 Å². The molecule has 47 heavy (non-hydrogen) atoms. The molecule has 0 saturated heterocycles. The molecule has 3 N–H and O–H groups in total. The largest absolute Gasteiger partial charge is 0.490 e. The van der Waals surface area contributed by atoms with Crippen molar-refractivity contribution in [1.29, 1.82) is 0 Å². The number of urea groups is 1. The van der Waals surface area contributed by atoms with Crippen molar-refractivity contribution < 1.29 is 33.5 Å². The second-order valence-corrected chi connectivity index (χ2v) is 13.0. The van der Waals surface area contributed by atoms with Crippen LogP contribution in [0.25, 0.3) is 0 Å². The van der Waals surface area contributed by atoms with Crippen LogP contribution in [0.2, 0.25) is 0 Å². The molecule has 0 aliphatic carbocycles. The smallest absolute Gasteiger partial charge is 0.323 e. The number of ether oxygens (including phenoxy) is 2. The van der Waals surface area contributed by atoms with E-state index in [0.717, 1.165) is 32.2 Å². The van der Waals surface area contributed by atoms with Gasteiger partial charge in [0.15, 0.2) is 5.76 Å². The molecule has 4 amide bonds. The van der Waals surface area contributed by atoms with E-state index in [9.17, 15) is 19.5 Å². The summed E-state index contributed by atoms with van der Waals surface area (Å²) in [5.41, 5.74) is 1.68. The SMILES string of the molecule is Cc1noc(C)c1NC(=O)Nc1ccc2c(c1)C(=O)N([C@@H](C)CO)C[C@@H](C)[C@H](CN(C)C(=O)CCCN(C)C)OCCCC[C@@H](C)O2. The number of aromatic nitrogens is 1. The van der Waals surface area contributed by atoms with Gasteiger partial charge in [0.05, 0.1) is 30.4 Å². The van der Waals surface area contributed by atoms with Crippen molar-refractivity contribution in [3.63, 3.8) is 0 Å². The number of rotatable bonds is 10. The average Bonchev–Trinajstić information content (AvgIpc) is 3.34. The number of aryl methyl sites for hydroxylation is 2. The van der Waals surface area contributed by atoms with Gasteiger partial charge in [-0.2, -0.15) is 0 Å². The van der Waals surface area contributed by atoms with Gasteiger partial charge in [0.1, 0.15) is 17.1 Å². The van der Waals surface area contributed by atoms with E-state index in [2.05, 4.69) is 20.7 Å². The number of likely N-dealkylation sites (N-methyl/N-ethyl adjacent to an activating group) is 1. The molecule has 0 unspecified atom stereocenters. The van der Waals surface area contributed by atoms with Gasteiger partial charge in [0, 0.05) is 44.8 Å². The molecule has 13 nitrogen and oxygen atoms in total. The minimum atomic E-state index is -0.520. The predicted molar refractivity (Wildman–Crippen MR) is 181 cm³/mol. The third kappa shape index (κ3) is 11.2. The summed E-state index contributed by atoms with van der Waals surface area (Å²) in [6.45, 7) is 10.9. The van der Waals surface area contributed by atoms with Crippen LogP contribution in [0.4, 0.5) is 16.2 Å². The van der Waals surface area contributed by atoms with Crippen LogP contribution in [0.5, 0.6) is 5.75 Å². The number of benzene rings is 1. The van der Waals surface area contributed by atoms with Gasteiger partial charge in [0.2, 0.25) is 5.91 Å². The summed E-state index contributed by atoms with van der Waals surface area (Å²) in [6.07, 6.45) is 3.14. The van der Waals surface area contributed by atoms with Gasteiger partial charge >= 0.3 is 6.03 Å². The Morgan fingerprint density at radius 1 is 1.15 bits per heavy atom. The Hall–Kier alpha value is -3.68. The monoisotopic (exact) mass is 658 g/mol. The van der Waals surface area contributed by atoms with Crippen molar-refractivity contribution in [2.75, 3.05) is 64.6 Å². The molecular formula is C34H54N6O7. The summed E-state index contributed by atoms with van der Waals surface area (Å²) in [5.74, 6) is 0.411. The van der Waals surface area contributed by atoms with Crippen LogP contribution in [0, 0.1) is 19.8 Å². The number of nitrogens with one attached hydrogen (secondary N) is 2. The first-order chi connectivity index (χ1) is 22.3. The van der Waals surface area contributed by atoms with Crippen LogP contribution >= 0.6 is 0 Å². The Morgan fingerprint density at radius 2 is 1.89 bits per heavy atom. The zero-order chi connectivity index (χ0) is 34.7. The highest BCUT2D eigenvalue weighted by Gasteiger charge is 2.31. The van der Waals surface area contributed by atoms with Crippen LogP contribution in [0.1, 0.15) is 74.7 Å². The normalized spacial score (nSPS) is 20.2. The van der Waals surface area contributed by atoms with Gasteiger partial charge in [-0.3, -0.25) is 9.59 Å². The fraction of sp³-hybridized carbons (Fsp3) is 0.647. The highest BCUT2D eigenvalue weighted by Crippen LogP contribution is 2.29. The number of carbonyl (C=O) groups excluding carboxylic acids is 3. The molecule has 4 atom stereocenters. The van der Waals surface area contributed by atoms with Crippen LogP contribution in [0.3, 0.4) is 0 Å². The third-order valence-electron chi connectivity index (χ3n) is 8.46. The molecule has 0 saturated carbocycles. The van der Waals surface area contributed by atoms with Gasteiger partial charge in [-0.1, -0.05) is 12.1 Å². The number of amides is 4. The highest BCUT2D eigenvalue weighted by atomic mass is 16.5. The van der Waals surface area contributed by atoms with Crippen molar-refractivity contribution in [2.24, 2.45) is 5.92 Å². The zero-order valence-corrected chi connectivity index (χ0v) is 29.3. The second kappa shape index (κ2) is 18.0. The quantitative estimate of drug-likeness (QED) is 0.335. The molecule has 0 bridgehead atoms. The highest BCUT2D eigenvalue weighted by molar-refractivity contribution is 6.03. The number of fused-ring (bicyclic) bond motifs is 1. The number of hydrogen-bond donors (Lipinski definition) is 3. The van der Waals surface area contributed by atoms with E-state index in [0.29, 0.717) is 48.2 Å². The van der Waals surface area contributed by atoms with Gasteiger partial charge in [-0.05, 0) is 92.2 Å². The summed E-state index contributed by atoms with van der Waals surface area (Å²) < 4.78 is 17.8. The number of hydrogen-bond acceptors (Lipinski definition) is 9. The van der Waals surface area contributed by atoms with Crippen molar-refractivity contribution in [3.05, 3.63) is 35.2 Å². The Balaban J connectivity index is 1.88. The Labute approximate surface area is 278 Å². The maximum absolute atomic E-state index is 14.3. The number of nitrogens with zero attached hydrogens (tertiary/aromatic N) is 4. The lowest BCUT2D eigenvalue weighted by Crippen LogP contribution is -2.48. The number of aliphatic hydroxyl groups excluding tert-OH is 1. The molecule has 0 spiro atoms. The molecule has 3 rings (SSSR count).